The van der Waals surface area contributed by atoms with E-state index in [1.54, 1.807) is 13.1 Å². The fraction of sp³-hybridized carbons (Fsp3) is 0.571. The third-order valence-corrected chi connectivity index (χ3v) is 5.38. The second-order valence-electron chi connectivity index (χ2n) is 7.90. The molecule has 0 aliphatic carbocycles. The van der Waals surface area contributed by atoms with Crippen LogP contribution in [0.2, 0.25) is 0 Å². The summed E-state index contributed by atoms with van der Waals surface area (Å²) >= 11 is 0. The first-order chi connectivity index (χ1) is 13.8. The van der Waals surface area contributed by atoms with Crippen LogP contribution in [0.3, 0.4) is 0 Å². The molecule has 8 heteroatoms. The van der Waals surface area contributed by atoms with E-state index in [0.29, 0.717) is 6.54 Å². The summed E-state index contributed by atoms with van der Waals surface area (Å²) in [7, 11) is 4.22. The first-order valence-corrected chi connectivity index (χ1v) is 10.2. The Hall–Kier alpha value is -2.29. The number of aromatic nitrogens is 3. The van der Waals surface area contributed by atoms with Crippen LogP contribution < -0.4 is 10.2 Å². The number of nitrogens with one attached hydrogen (secondary N) is 1. The van der Waals surface area contributed by atoms with E-state index in [1.165, 1.54) is 0 Å². The summed E-state index contributed by atoms with van der Waals surface area (Å²) in [6.07, 6.45) is 1.15. The summed E-state index contributed by atoms with van der Waals surface area (Å²) in [6.45, 7) is 10.5. The number of rotatable bonds is 7. The summed E-state index contributed by atoms with van der Waals surface area (Å²) in [6, 6.07) is 5.98. The summed E-state index contributed by atoms with van der Waals surface area (Å²) in [4.78, 5) is 20.8. The van der Waals surface area contributed by atoms with Crippen molar-refractivity contribution in [3.63, 3.8) is 0 Å². The standard InChI is InChI=1S/C21H33N7O/c1-15(21-19(25-17(3)29)7-6-8-22-21)27(5)14-18-13-20(24-16(2)23-18)28-11-9-26(4)10-12-28/h6-8,13,15,17,25,29H,9-12,14H2,1-5H3/t15-,17?/m0/s1. The molecule has 0 saturated carbocycles. The number of hydrogen-bond acceptors (Lipinski definition) is 8. The van der Waals surface area contributed by atoms with E-state index < -0.39 is 6.23 Å². The maximum absolute atomic E-state index is 9.71. The van der Waals surface area contributed by atoms with E-state index in [2.05, 4.69) is 62.1 Å². The summed E-state index contributed by atoms with van der Waals surface area (Å²) in [5, 5.41) is 12.8. The quantitative estimate of drug-likeness (QED) is 0.683. The Balaban J connectivity index is 1.74. The third kappa shape index (κ3) is 5.62. The number of aryl methyl sites for hydroxylation is 1. The molecule has 2 atom stereocenters. The zero-order chi connectivity index (χ0) is 21.0. The fourth-order valence-corrected chi connectivity index (χ4v) is 3.59. The van der Waals surface area contributed by atoms with Gasteiger partial charge >= 0.3 is 0 Å². The van der Waals surface area contributed by atoms with Gasteiger partial charge in [-0.15, -0.1) is 0 Å². The van der Waals surface area contributed by atoms with Crippen LogP contribution in [0.5, 0.6) is 0 Å². The van der Waals surface area contributed by atoms with Crippen LogP contribution in [0.4, 0.5) is 11.5 Å². The highest BCUT2D eigenvalue weighted by molar-refractivity contribution is 5.49. The molecule has 29 heavy (non-hydrogen) atoms. The van der Waals surface area contributed by atoms with Gasteiger partial charge in [-0.05, 0) is 47.0 Å². The Morgan fingerprint density at radius 1 is 1.21 bits per heavy atom. The normalized spacial score (nSPS) is 17.4. The minimum absolute atomic E-state index is 0.0554. The summed E-state index contributed by atoms with van der Waals surface area (Å²) < 4.78 is 0. The van der Waals surface area contributed by atoms with Crippen LogP contribution in [-0.4, -0.2) is 76.4 Å². The second-order valence-corrected chi connectivity index (χ2v) is 7.90. The molecule has 1 aliphatic heterocycles. The van der Waals surface area contributed by atoms with Crippen LogP contribution in [0.15, 0.2) is 24.4 Å². The molecule has 0 bridgehead atoms. The Bertz CT molecular complexity index is 805. The highest BCUT2D eigenvalue weighted by Crippen LogP contribution is 2.26. The van der Waals surface area contributed by atoms with Crippen molar-refractivity contribution < 1.29 is 5.11 Å². The summed E-state index contributed by atoms with van der Waals surface area (Å²) in [5.74, 6) is 1.81. The molecule has 1 aliphatic rings. The van der Waals surface area contributed by atoms with Crippen molar-refractivity contribution in [1.29, 1.82) is 0 Å². The lowest BCUT2D eigenvalue weighted by Crippen LogP contribution is -2.45. The SMILES string of the molecule is Cc1nc(CN(C)[C@@H](C)c2ncccc2NC(C)O)cc(N2CCN(C)CC2)n1. The monoisotopic (exact) mass is 399 g/mol. The van der Waals surface area contributed by atoms with E-state index in [9.17, 15) is 5.11 Å². The van der Waals surface area contributed by atoms with Crippen molar-refractivity contribution in [3.05, 3.63) is 41.6 Å². The number of nitrogens with zero attached hydrogens (tertiary/aromatic N) is 6. The Labute approximate surface area is 173 Å². The van der Waals surface area contributed by atoms with Gasteiger partial charge in [0.05, 0.1) is 23.1 Å². The minimum Gasteiger partial charge on any atom is -0.374 e. The van der Waals surface area contributed by atoms with Crippen LogP contribution in [-0.2, 0) is 6.54 Å². The van der Waals surface area contributed by atoms with E-state index in [4.69, 9.17) is 0 Å². The molecular weight excluding hydrogens is 366 g/mol. The predicted octanol–water partition coefficient (Wildman–Crippen LogP) is 1.88. The first-order valence-electron chi connectivity index (χ1n) is 10.2. The maximum atomic E-state index is 9.71. The lowest BCUT2D eigenvalue weighted by atomic mass is 10.1. The minimum atomic E-state index is -0.633. The first kappa shape index (κ1) is 21.4. The molecule has 3 heterocycles. The number of pyridine rings is 1. The molecule has 0 radical (unpaired) electrons. The molecule has 2 aromatic rings. The van der Waals surface area contributed by atoms with Crippen molar-refractivity contribution >= 4 is 11.5 Å². The Kier molecular flexibility index (Phi) is 7.00. The van der Waals surface area contributed by atoms with Crippen LogP contribution in [0.25, 0.3) is 0 Å². The zero-order valence-electron chi connectivity index (χ0n) is 18.1. The van der Waals surface area contributed by atoms with E-state index in [-0.39, 0.29) is 6.04 Å². The van der Waals surface area contributed by atoms with E-state index in [0.717, 1.165) is 54.9 Å². The molecule has 0 aromatic carbocycles. The lowest BCUT2D eigenvalue weighted by Gasteiger charge is -2.33. The molecule has 8 nitrogen and oxygen atoms in total. The summed E-state index contributed by atoms with van der Waals surface area (Å²) in [5.41, 5.74) is 2.75. The van der Waals surface area contributed by atoms with E-state index in [1.807, 2.05) is 19.1 Å². The van der Waals surface area contributed by atoms with Gasteiger partial charge in [0.2, 0.25) is 0 Å². The van der Waals surface area contributed by atoms with Gasteiger partial charge in [0.25, 0.3) is 0 Å². The molecular formula is C21H33N7O. The van der Waals surface area contributed by atoms with Crippen molar-refractivity contribution in [2.45, 2.75) is 39.6 Å². The Morgan fingerprint density at radius 2 is 1.93 bits per heavy atom. The highest BCUT2D eigenvalue weighted by atomic mass is 16.3. The average Bonchev–Trinajstić information content (AvgIpc) is 2.67. The highest BCUT2D eigenvalue weighted by Gasteiger charge is 2.20. The van der Waals surface area contributed by atoms with Gasteiger partial charge in [0, 0.05) is 45.0 Å². The number of likely N-dealkylation sites (N-methyl/N-ethyl adjacent to an activating group) is 1. The van der Waals surface area contributed by atoms with Gasteiger partial charge in [0.15, 0.2) is 0 Å². The Morgan fingerprint density at radius 3 is 2.62 bits per heavy atom. The largest absolute Gasteiger partial charge is 0.374 e. The fourth-order valence-electron chi connectivity index (χ4n) is 3.59. The molecule has 0 amide bonds. The lowest BCUT2D eigenvalue weighted by molar-refractivity contribution is 0.222. The molecule has 2 aromatic heterocycles. The number of aliphatic hydroxyl groups is 1. The van der Waals surface area contributed by atoms with Gasteiger partial charge in [0.1, 0.15) is 17.9 Å². The molecule has 2 N–H and O–H groups in total. The molecule has 1 fully saturated rings. The molecule has 3 rings (SSSR count). The van der Waals surface area contributed by atoms with Gasteiger partial charge < -0.3 is 20.2 Å². The van der Waals surface area contributed by atoms with Crippen LogP contribution >= 0.6 is 0 Å². The number of anilines is 2. The topological polar surface area (TPSA) is 80.6 Å². The van der Waals surface area contributed by atoms with Crippen molar-refractivity contribution in [2.24, 2.45) is 0 Å². The van der Waals surface area contributed by atoms with Gasteiger partial charge in [-0.3, -0.25) is 9.88 Å². The van der Waals surface area contributed by atoms with Crippen molar-refractivity contribution in [3.8, 4) is 0 Å². The van der Waals surface area contributed by atoms with Gasteiger partial charge in [-0.2, -0.15) is 0 Å². The van der Waals surface area contributed by atoms with Crippen LogP contribution in [0, 0.1) is 6.92 Å². The van der Waals surface area contributed by atoms with Crippen LogP contribution in [0.1, 0.15) is 37.1 Å². The molecule has 158 valence electrons. The van der Waals surface area contributed by atoms with Crippen molar-refractivity contribution in [1.82, 2.24) is 24.8 Å². The molecule has 0 spiro atoms. The molecule has 1 saturated heterocycles. The number of piperazine rings is 1. The third-order valence-electron chi connectivity index (χ3n) is 5.38. The number of hydrogen-bond donors (Lipinski definition) is 2. The molecule has 1 unspecified atom stereocenters. The van der Waals surface area contributed by atoms with Gasteiger partial charge in [-0.25, -0.2) is 9.97 Å². The maximum Gasteiger partial charge on any atom is 0.132 e. The average molecular weight is 400 g/mol. The zero-order valence-corrected chi connectivity index (χ0v) is 18.1. The smallest absolute Gasteiger partial charge is 0.132 e. The van der Waals surface area contributed by atoms with E-state index >= 15 is 0 Å². The number of aliphatic hydroxyl groups excluding tert-OH is 1. The predicted molar refractivity (Wildman–Crippen MR) is 116 cm³/mol. The van der Waals surface area contributed by atoms with Gasteiger partial charge in [-0.1, -0.05) is 0 Å². The van der Waals surface area contributed by atoms with Crippen molar-refractivity contribution in [2.75, 3.05) is 50.5 Å². The second kappa shape index (κ2) is 9.47.